The molecule has 1 amide bonds. The van der Waals surface area contributed by atoms with E-state index in [1.807, 2.05) is 0 Å². The van der Waals surface area contributed by atoms with Crippen molar-refractivity contribution < 1.29 is 37.1 Å². The Morgan fingerprint density at radius 2 is 1.70 bits per heavy atom. The van der Waals surface area contributed by atoms with Crippen LogP contribution in [0.5, 0.6) is 0 Å². The number of aliphatic carboxylic acids is 1. The van der Waals surface area contributed by atoms with Crippen LogP contribution in [0.2, 0.25) is 10.0 Å². The fourth-order valence-electron chi connectivity index (χ4n) is 6.12. The zero-order valence-electron chi connectivity index (χ0n) is 24.1. The number of alkyl halides is 3. The highest BCUT2D eigenvalue weighted by Crippen LogP contribution is 2.51. The Balaban J connectivity index is 1.80. The first-order valence-electron chi connectivity index (χ1n) is 13.8. The van der Waals surface area contributed by atoms with Crippen LogP contribution in [0.1, 0.15) is 78.4 Å². The van der Waals surface area contributed by atoms with Gasteiger partial charge in [-0.3, -0.25) is 24.0 Å². The maximum Gasteiger partial charge on any atom is 0.433 e. The predicted octanol–water partition coefficient (Wildman–Crippen LogP) is 7.28. The molecule has 1 N–H and O–H groups in total. The Hall–Kier alpha value is -3.51. The second kappa shape index (κ2) is 12.5. The van der Waals surface area contributed by atoms with E-state index in [1.165, 1.54) is 24.5 Å². The van der Waals surface area contributed by atoms with Crippen LogP contribution in [-0.4, -0.2) is 49.0 Å². The van der Waals surface area contributed by atoms with Crippen molar-refractivity contribution in [3.63, 3.8) is 0 Å². The molecular formula is C30H30Cl2F4N4O4. The summed E-state index contributed by atoms with van der Waals surface area (Å²) < 4.78 is 59.0. The van der Waals surface area contributed by atoms with Crippen LogP contribution in [0.3, 0.4) is 0 Å². The van der Waals surface area contributed by atoms with E-state index in [2.05, 4.69) is 10.1 Å². The number of Topliss-reactive ketones (excluding diaryl/α,β-unsaturated/α-hetero) is 1. The van der Waals surface area contributed by atoms with Crippen molar-refractivity contribution in [2.75, 3.05) is 6.54 Å². The molecule has 0 spiro atoms. The molecule has 236 valence electrons. The SMILES string of the molecule is CCC1(n2ncc(C(=O)N(CC(=O)c3c(Cl)cncc3Cl)Cc3ccc(F)cc3)c2C(F)(F)F)CC[C@@](C)(C(=O)O)C[C@@H]1C. The van der Waals surface area contributed by atoms with Gasteiger partial charge < -0.3 is 10.0 Å². The monoisotopic (exact) mass is 656 g/mol. The van der Waals surface area contributed by atoms with E-state index in [1.54, 1.807) is 20.8 Å². The third-order valence-corrected chi connectivity index (χ3v) is 9.22. The van der Waals surface area contributed by atoms with Crippen molar-refractivity contribution in [2.45, 2.75) is 64.7 Å². The van der Waals surface area contributed by atoms with Gasteiger partial charge in [-0.15, -0.1) is 0 Å². The lowest BCUT2D eigenvalue weighted by atomic mass is 9.62. The first-order chi connectivity index (χ1) is 20.5. The van der Waals surface area contributed by atoms with E-state index in [0.717, 1.165) is 27.9 Å². The van der Waals surface area contributed by atoms with E-state index >= 15 is 0 Å². The van der Waals surface area contributed by atoms with E-state index in [-0.39, 0.29) is 47.8 Å². The van der Waals surface area contributed by atoms with Gasteiger partial charge in [0.25, 0.3) is 5.91 Å². The molecule has 14 heteroatoms. The minimum atomic E-state index is -5.04. The third-order valence-electron chi connectivity index (χ3n) is 8.64. The molecule has 0 aliphatic heterocycles. The minimum Gasteiger partial charge on any atom is -0.481 e. The number of hydrogen-bond acceptors (Lipinski definition) is 5. The molecule has 8 nitrogen and oxygen atoms in total. The van der Waals surface area contributed by atoms with Crippen molar-refractivity contribution >= 4 is 40.9 Å². The second-order valence-corrected chi connectivity index (χ2v) is 12.2. The Morgan fingerprint density at radius 1 is 1.09 bits per heavy atom. The Labute approximate surface area is 261 Å². The number of hydrogen-bond donors (Lipinski definition) is 1. The van der Waals surface area contributed by atoms with Crippen LogP contribution in [0, 0.1) is 17.2 Å². The zero-order chi connectivity index (χ0) is 32.6. The van der Waals surface area contributed by atoms with Gasteiger partial charge in [-0.05, 0) is 56.2 Å². The van der Waals surface area contributed by atoms with Gasteiger partial charge in [-0.25, -0.2) is 4.39 Å². The zero-order valence-corrected chi connectivity index (χ0v) is 25.6. The summed E-state index contributed by atoms with van der Waals surface area (Å²) >= 11 is 12.3. The number of amides is 1. The topological polar surface area (TPSA) is 105 Å². The molecule has 1 saturated carbocycles. The van der Waals surface area contributed by atoms with E-state index < -0.39 is 64.3 Å². The van der Waals surface area contributed by atoms with E-state index in [9.17, 15) is 37.1 Å². The number of halogens is 6. The molecule has 1 unspecified atom stereocenters. The Morgan fingerprint density at radius 3 is 2.23 bits per heavy atom. The molecule has 1 aliphatic rings. The lowest BCUT2D eigenvalue weighted by Gasteiger charge is -2.48. The predicted molar refractivity (Wildman–Crippen MR) is 154 cm³/mol. The number of carbonyl (C=O) groups excluding carboxylic acids is 2. The molecule has 0 bridgehead atoms. The molecule has 0 radical (unpaired) electrons. The summed E-state index contributed by atoms with van der Waals surface area (Å²) in [7, 11) is 0. The lowest BCUT2D eigenvalue weighted by Crippen LogP contribution is -2.50. The van der Waals surface area contributed by atoms with Gasteiger partial charge in [0, 0.05) is 18.9 Å². The molecule has 44 heavy (non-hydrogen) atoms. The van der Waals surface area contributed by atoms with Crippen LogP contribution in [0.25, 0.3) is 0 Å². The van der Waals surface area contributed by atoms with Crippen molar-refractivity contribution in [3.05, 3.63) is 81.1 Å². The first kappa shape index (κ1) is 33.4. The quantitative estimate of drug-likeness (QED) is 0.192. The van der Waals surface area contributed by atoms with Gasteiger partial charge in [0.1, 0.15) is 5.82 Å². The molecule has 4 rings (SSSR count). The highest BCUT2D eigenvalue weighted by Gasteiger charge is 2.53. The summed E-state index contributed by atoms with van der Waals surface area (Å²) in [5.41, 5.74) is -4.25. The summed E-state index contributed by atoms with van der Waals surface area (Å²) in [6.07, 6.45) is -1.38. The van der Waals surface area contributed by atoms with Gasteiger partial charge in [-0.1, -0.05) is 49.2 Å². The number of carboxylic acids is 1. The number of carbonyl (C=O) groups is 3. The molecule has 3 aromatic rings. The molecule has 1 aliphatic carbocycles. The Bertz CT molecular complexity index is 1560. The molecular weight excluding hydrogens is 627 g/mol. The van der Waals surface area contributed by atoms with Crippen molar-refractivity contribution in [3.8, 4) is 0 Å². The number of nitrogens with zero attached hydrogens (tertiary/aromatic N) is 4. The summed E-state index contributed by atoms with van der Waals surface area (Å²) in [4.78, 5) is 43.9. The summed E-state index contributed by atoms with van der Waals surface area (Å²) in [6.45, 7) is 3.90. The van der Waals surface area contributed by atoms with Crippen LogP contribution in [0.4, 0.5) is 17.6 Å². The number of benzene rings is 1. The third kappa shape index (κ3) is 6.32. The minimum absolute atomic E-state index is 0.0860. The highest BCUT2D eigenvalue weighted by atomic mass is 35.5. The number of carboxylic acid groups (broad SMARTS) is 1. The average Bonchev–Trinajstić information content (AvgIpc) is 3.40. The van der Waals surface area contributed by atoms with E-state index in [0.29, 0.717) is 5.56 Å². The van der Waals surface area contributed by atoms with Gasteiger partial charge >= 0.3 is 12.1 Å². The average molecular weight is 657 g/mol. The molecule has 1 aromatic carbocycles. The van der Waals surface area contributed by atoms with Crippen LogP contribution in [-0.2, 0) is 23.1 Å². The number of ketones is 1. The number of pyridine rings is 1. The highest BCUT2D eigenvalue weighted by molar-refractivity contribution is 6.39. The van der Waals surface area contributed by atoms with Gasteiger partial charge in [-0.2, -0.15) is 18.3 Å². The van der Waals surface area contributed by atoms with Crippen molar-refractivity contribution in [1.82, 2.24) is 19.7 Å². The molecule has 2 aromatic heterocycles. The van der Waals surface area contributed by atoms with E-state index in [4.69, 9.17) is 23.2 Å². The standard InChI is InChI=1S/C30H30Cl2F4N4O4/c1-4-29(10-9-28(3,27(43)44)11-17(29)2)40-25(30(34,35)36)20(12-38-40)26(42)39(15-18-5-7-19(33)8-6-18)16-23(41)24-21(31)13-37-14-22(24)32/h5-8,12-14,17H,4,9-11,15-16H2,1-3H3,(H,43,44)/t17-,28+,29?/m0/s1. The fourth-order valence-corrected chi connectivity index (χ4v) is 6.69. The Kier molecular flexibility index (Phi) is 9.46. The second-order valence-electron chi connectivity index (χ2n) is 11.4. The maximum absolute atomic E-state index is 14.9. The lowest BCUT2D eigenvalue weighted by molar-refractivity contribution is -0.158. The molecule has 1 fully saturated rings. The smallest absolute Gasteiger partial charge is 0.433 e. The van der Waals surface area contributed by atoms with Crippen LogP contribution >= 0.6 is 23.2 Å². The fraction of sp³-hybridized carbons (Fsp3) is 0.433. The number of aromatic nitrogens is 3. The first-order valence-corrected chi connectivity index (χ1v) is 14.5. The molecule has 2 heterocycles. The largest absolute Gasteiger partial charge is 0.481 e. The summed E-state index contributed by atoms with van der Waals surface area (Å²) in [6, 6.07) is 4.93. The van der Waals surface area contributed by atoms with Crippen molar-refractivity contribution in [2.24, 2.45) is 11.3 Å². The van der Waals surface area contributed by atoms with Crippen molar-refractivity contribution in [1.29, 1.82) is 0 Å². The normalized spacial score (nSPS) is 22.1. The summed E-state index contributed by atoms with van der Waals surface area (Å²) in [5, 5.41) is 13.6. The molecule has 0 saturated heterocycles. The maximum atomic E-state index is 14.9. The van der Waals surface area contributed by atoms with Gasteiger partial charge in [0.15, 0.2) is 11.5 Å². The van der Waals surface area contributed by atoms with Crippen LogP contribution < -0.4 is 0 Å². The van der Waals surface area contributed by atoms with Gasteiger partial charge in [0.05, 0.1) is 44.9 Å². The van der Waals surface area contributed by atoms with Crippen LogP contribution in [0.15, 0.2) is 42.9 Å². The van der Waals surface area contributed by atoms with Gasteiger partial charge in [0.2, 0.25) is 0 Å². The number of rotatable bonds is 9. The summed E-state index contributed by atoms with van der Waals surface area (Å²) in [5.74, 6) is -4.04. The molecule has 3 atom stereocenters.